The minimum atomic E-state index is -1.21. The molecule has 0 aromatic rings. The maximum Gasteiger partial charge on any atom is 0.253 e. The number of hydrogen-bond donors (Lipinski definition) is 1. The molecule has 1 fully saturated rings. The standard InChI is InChI=1S/C10H19NO2/c1-7(2)8-5-11(6-8)9(12)10(3,4)13/h7-8,13H,5-6H2,1-4H3. The van der Waals surface area contributed by atoms with Gasteiger partial charge in [-0.1, -0.05) is 13.8 Å². The number of likely N-dealkylation sites (tertiary alicyclic amines) is 1. The predicted molar refractivity (Wildman–Crippen MR) is 51.2 cm³/mol. The van der Waals surface area contributed by atoms with Crippen molar-refractivity contribution in [2.45, 2.75) is 33.3 Å². The van der Waals surface area contributed by atoms with E-state index in [2.05, 4.69) is 13.8 Å². The van der Waals surface area contributed by atoms with Crippen molar-refractivity contribution in [2.75, 3.05) is 13.1 Å². The highest BCUT2D eigenvalue weighted by Gasteiger charge is 2.38. The summed E-state index contributed by atoms with van der Waals surface area (Å²) in [5.74, 6) is 1.10. The molecule has 76 valence electrons. The Labute approximate surface area is 79.7 Å². The summed E-state index contributed by atoms with van der Waals surface area (Å²) in [5.41, 5.74) is -1.21. The van der Waals surface area contributed by atoms with Gasteiger partial charge in [0.05, 0.1) is 0 Å². The van der Waals surface area contributed by atoms with Gasteiger partial charge in [0.15, 0.2) is 0 Å². The fourth-order valence-electron chi connectivity index (χ4n) is 1.49. The Morgan fingerprint density at radius 3 is 2.23 bits per heavy atom. The molecule has 3 nitrogen and oxygen atoms in total. The van der Waals surface area contributed by atoms with Crippen LogP contribution in [0.4, 0.5) is 0 Å². The molecule has 1 heterocycles. The molecule has 1 saturated heterocycles. The second kappa shape index (κ2) is 3.29. The van der Waals surface area contributed by atoms with Gasteiger partial charge in [0.2, 0.25) is 0 Å². The van der Waals surface area contributed by atoms with E-state index in [1.54, 1.807) is 4.90 Å². The monoisotopic (exact) mass is 185 g/mol. The summed E-state index contributed by atoms with van der Waals surface area (Å²) < 4.78 is 0. The first-order valence-electron chi connectivity index (χ1n) is 4.84. The lowest BCUT2D eigenvalue weighted by atomic mass is 9.87. The molecule has 1 amide bonds. The van der Waals surface area contributed by atoms with E-state index in [0.29, 0.717) is 11.8 Å². The first-order chi connectivity index (χ1) is 5.82. The fourth-order valence-corrected chi connectivity index (χ4v) is 1.49. The average Bonchev–Trinajstić information content (AvgIpc) is 1.80. The Kier molecular flexibility index (Phi) is 2.66. The Morgan fingerprint density at radius 1 is 1.46 bits per heavy atom. The first kappa shape index (κ1) is 10.5. The number of carbonyl (C=O) groups is 1. The van der Waals surface area contributed by atoms with Crippen LogP contribution in [-0.2, 0) is 4.79 Å². The van der Waals surface area contributed by atoms with Crippen LogP contribution in [0.15, 0.2) is 0 Å². The third kappa shape index (κ3) is 2.21. The lowest BCUT2D eigenvalue weighted by Gasteiger charge is -2.43. The molecule has 0 aromatic heterocycles. The van der Waals surface area contributed by atoms with Gasteiger partial charge < -0.3 is 10.0 Å². The van der Waals surface area contributed by atoms with Crippen LogP contribution in [0.3, 0.4) is 0 Å². The number of rotatable bonds is 2. The minimum absolute atomic E-state index is 0.149. The molecule has 0 saturated carbocycles. The number of nitrogens with zero attached hydrogens (tertiary/aromatic N) is 1. The topological polar surface area (TPSA) is 40.5 Å². The van der Waals surface area contributed by atoms with Crippen molar-refractivity contribution in [3.05, 3.63) is 0 Å². The molecule has 0 atom stereocenters. The largest absolute Gasteiger partial charge is 0.381 e. The summed E-state index contributed by atoms with van der Waals surface area (Å²) >= 11 is 0. The van der Waals surface area contributed by atoms with Gasteiger partial charge in [-0.15, -0.1) is 0 Å². The van der Waals surface area contributed by atoms with Crippen molar-refractivity contribution >= 4 is 5.91 Å². The molecule has 0 bridgehead atoms. The summed E-state index contributed by atoms with van der Waals surface area (Å²) in [4.78, 5) is 13.2. The predicted octanol–water partition coefficient (Wildman–Crippen LogP) is 0.872. The van der Waals surface area contributed by atoms with E-state index in [0.717, 1.165) is 13.1 Å². The highest BCUT2D eigenvalue weighted by atomic mass is 16.3. The molecule has 13 heavy (non-hydrogen) atoms. The molecular weight excluding hydrogens is 166 g/mol. The Balaban J connectivity index is 2.40. The van der Waals surface area contributed by atoms with Crippen LogP contribution in [0.1, 0.15) is 27.7 Å². The van der Waals surface area contributed by atoms with Crippen LogP contribution in [0.25, 0.3) is 0 Å². The van der Waals surface area contributed by atoms with Gasteiger partial charge in [-0.25, -0.2) is 0 Å². The van der Waals surface area contributed by atoms with Crippen molar-refractivity contribution < 1.29 is 9.90 Å². The molecule has 0 spiro atoms. The van der Waals surface area contributed by atoms with Gasteiger partial charge in [0, 0.05) is 13.1 Å². The molecule has 3 heteroatoms. The van der Waals surface area contributed by atoms with E-state index in [4.69, 9.17) is 0 Å². The Bertz CT molecular complexity index is 199. The minimum Gasteiger partial charge on any atom is -0.381 e. The molecule has 1 N–H and O–H groups in total. The Hall–Kier alpha value is -0.570. The SMILES string of the molecule is CC(C)C1CN(C(=O)C(C)(C)O)C1. The lowest BCUT2D eigenvalue weighted by molar-refractivity contribution is -0.155. The van der Waals surface area contributed by atoms with Crippen molar-refractivity contribution in [3.8, 4) is 0 Å². The highest BCUT2D eigenvalue weighted by Crippen LogP contribution is 2.25. The molecule has 0 radical (unpaired) electrons. The van der Waals surface area contributed by atoms with E-state index in [1.807, 2.05) is 0 Å². The van der Waals surface area contributed by atoms with E-state index < -0.39 is 5.60 Å². The summed E-state index contributed by atoms with van der Waals surface area (Å²) in [6.07, 6.45) is 0. The van der Waals surface area contributed by atoms with Crippen LogP contribution in [0.5, 0.6) is 0 Å². The van der Waals surface area contributed by atoms with E-state index in [9.17, 15) is 9.90 Å². The van der Waals surface area contributed by atoms with Crippen molar-refractivity contribution in [1.29, 1.82) is 0 Å². The zero-order valence-corrected chi connectivity index (χ0v) is 8.87. The highest BCUT2D eigenvalue weighted by molar-refractivity contribution is 5.84. The maximum atomic E-state index is 11.5. The molecule has 0 aliphatic carbocycles. The van der Waals surface area contributed by atoms with Crippen LogP contribution in [0.2, 0.25) is 0 Å². The number of carbonyl (C=O) groups excluding carboxylic acids is 1. The Morgan fingerprint density at radius 2 is 1.92 bits per heavy atom. The lowest BCUT2D eigenvalue weighted by Crippen LogP contribution is -2.57. The van der Waals surface area contributed by atoms with Gasteiger partial charge in [-0.2, -0.15) is 0 Å². The van der Waals surface area contributed by atoms with Gasteiger partial charge in [-0.05, 0) is 25.7 Å². The van der Waals surface area contributed by atoms with Gasteiger partial charge >= 0.3 is 0 Å². The van der Waals surface area contributed by atoms with Crippen LogP contribution < -0.4 is 0 Å². The van der Waals surface area contributed by atoms with Crippen LogP contribution in [0, 0.1) is 11.8 Å². The fraction of sp³-hybridized carbons (Fsp3) is 0.900. The molecular formula is C10H19NO2. The zero-order valence-electron chi connectivity index (χ0n) is 8.87. The number of hydrogen-bond acceptors (Lipinski definition) is 2. The normalized spacial score (nSPS) is 19.1. The summed E-state index contributed by atoms with van der Waals surface area (Å²) in [6, 6.07) is 0. The van der Waals surface area contributed by atoms with Crippen molar-refractivity contribution in [1.82, 2.24) is 4.90 Å². The van der Waals surface area contributed by atoms with Gasteiger partial charge in [0.25, 0.3) is 5.91 Å². The second-order valence-electron chi connectivity index (χ2n) is 4.77. The van der Waals surface area contributed by atoms with Gasteiger partial charge in [-0.3, -0.25) is 4.79 Å². The molecule has 1 rings (SSSR count). The number of aliphatic hydroxyl groups is 1. The first-order valence-corrected chi connectivity index (χ1v) is 4.84. The van der Waals surface area contributed by atoms with E-state index >= 15 is 0 Å². The molecule has 1 aliphatic rings. The van der Waals surface area contributed by atoms with E-state index in [-0.39, 0.29) is 5.91 Å². The number of amides is 1. The third-order valence-corrected chi connectivity index (χ3v) is 2.66. The van der Waals surface area contributed by atoms with Crippen LogP contribution in [-0.4, -0.2) is 34.6 Å². The molecule has 1 aliphatic heterocycles. The summed E-state index contributed by atoms with van der Waals surface area (Å²) in [6.45, 7) is 9.02. The second-order valence-corrected chi connectivity index (χ2v) is 4.77. The van der Waals surface area contributed by atoms with Crippen molar-refractivity contribution in [3.63, 3.8) is 0 Å². The van der Waals surface area contributed by atoms with Crippen LogP contribution >= 0.6 is 0 Å². The smallest absolute Gasteiger partial charge is 0.253 e. The molecule has 0 aromatic carbocycles. The molecule has 0 unspecified atom stereocenters. The average molecular weight is 185 g/mol. The zero-order chi connectivity index (χ0) is 10.2. The van der Waals surface area contributed by atoms with Gasteiger partial charge in [0.1, 0.15) is 5.60 Å². The van der Waals surface area contributed by atoms with Crippen molar-refractivity contribution in [2.24, 2.45) is 11.8 Å². The quantitative estimate of drug-likeness (QED) is 0.693. The maximum absolute atomic E-state index is 11.5. The summed E-state index contributed by atoms with van der Waals surface area (Å²) in [7, 11) is 0. The summed E-state index contributed by atoms with van der Waals surface area (Å²) in [5, 5.41) is 9.46. The van der Waals surface area contributed by atoms with E-state index in [1.165, 1.54) is 13.8 Å². The third-order valence-electron chi connectivity index (χ3n) is 2.66.